The van der Waals surface area contributed by atoms with Crippen LogP contribution in [-0.4, -0.2) is 15.3 Å². The van der Waals surface area contributed by atoms with Gasteiger partial charge in [-0.2, -0.15) is 0 Å². The van der Waals surface area contributed by atoms with Crippen molar-refractivity contribution < 1.29 is 4.79 Å². The number of fused-ring (bicyclic) bond motifs is 1. The first-order valence-electron chi connectivity index (χ1n) is 7.85. The second-order valence-corrected chi connectivity index (χ2v) is 6.40. The molecule has 2 heterocycles. The molecule has 2 aromatic heterocycles. The first-order chi connectivity index (χ1) is 12.3. The van der Waals surface area contributed by atoms with Crippen LogP contribution in [0.3, 0.4) is 0 Å². The van der Waals surface area contributed by atoms with Crippen LogP contribution in [0.4, 0.5) is 5.69 Å². The van der Waals surface area contributed by atoms with Crippen LogP contribution in [0.5, 0.6) is 0 Å². The Hall–Kier alpha value is -3.18. The zero-order chi connectivity index (χ0) is 17.1. The van der Waals surface area contributed by atoms with Crippen LogP contribution in [-0.2, 0) is 4.79 Å². The highest BCUT2D eigenvalue weighted by Crippen LogP contribution is 2.23. The van der Waals surface area contributed by atoms with Crippen LogP contribution in [0.2, 0.25) is 0 Å². The van der Waals surface area contributed by atoms with E-state index in [0.29, 0.717) is 0 Å². The zero-order valence-electron chi connectivity index (χ0n) is 13.3. The number of hydrogen-bond donors (Lipinski definition) is 1. The Bertz CT molecular complexity index is 1000. The second kappa shape index (κ2) is 6.75. The highest BCUT2D eigenvalue weighted by molar-refractivity contribution is 7.15. The molecule has 2 aromatic carbocycles. The lowest BCUT2D eigenvalue weighted by molar-refractivity contribution is -0.111. The molecule has 0 saturated heterocycles. The molecule has 0 aliphatic heterocycles. The number of thiazole rings is 1. The molecule has 0 atom stereocenters. The summed E-state index contributed by atoms with van der Waals surface area (Å²) in [6.45, 7) is 0. The van der Waals surface area contributed by atoms with Crippen molar-refractivity contribution >= 4 is 34.0 Å². The summed E-state index contributed by atoms with van der Waals surface area (Å²) in [5.74, 6) is -0.154. The molecule has 0 radical (unpaired) electrons. The predicted octanol–water partition coefficient (Wildman–Crippen LogP) is 4.71. The average Bonchev–Trinajstić information content (AvgIpc) is 3.24. The molecule has 0 aliphatic rings. The first kappa shape index (κ1) is 15.4. The van der Waals surface area contributed by atoms with E-state index in [1.54, 1.807) is 17.4 Å². The summed E-state index contributed by atoms with van der Waals surface area (Å²) >= 11 is 1.61. The molecule has 122 valence electrons. The molecule has 4 rings (SSSR count). The van der Waals surface area contributed by atoms with Gasteiger partial charge in [-0.15, -0.1) is 11.3 Å². The Kier molecular flexibility index (Phi) is 4.14. The smallest absolute Gasteiger partial charge is 0.248 e. The molecule has 0 fully saturated rings. The number of benzene rings is 2. The molecule has 0 unspecified atom stereocenters. The van der Waals surface area contributed by atoms with Crippen LogP contribution in [0.1, 0.15) is 5.56 Å². The number of anilines is 1. The number of rotatable bonds is 4. The zero-order valence-corrected chi connectivity index (χ0v) is 14.1. The summed E-state index contributed by atoms with van der Waals surface area (Å²) in [5, 5.41) is 4.87. The van der Waals surface area contributed by atoms with Crippen molar-refractivity contribution in [1.29, 1.82) is 0 Å². The monoisotopic (exact) mass is 345 g/mol. The minimum Gasteiger partial charge on any atom is -0.323 e. The largest absolute Gasteiger partial charge is 0.323 e. The summed E-state index contributed by atoms with van der Waals surface area (Å²) in [6, 6.07) is 17.4. The number of aromatic nitrogens is 2. The maximum absolute atomic E-state index is 12.0. The van der Waals surface area contributed by atoms with Gasteiger partial charge in [0.25, 0.3) is 0 Å². The lowest BCUT2D eigenvalue weighted by atomic mass is 10.1. The van der Waals surface area contributed by atoms with Gasteiger partial charge in [0.1, 0.15) is 0 Å². The van der Waals surface area contributed by atoms with Crippen molar-refractivity contribution in [2.24, 2.45) is 0 Å². The van der Waals surface area contributed by atoms with Gasteiger partial charge in [0.05, 0.1) is 5.69 Å². The van der Waals surface area contributed by atoms with Crippen molar-refractivity contribution in [3.63, 3.8) is 0 Å². The normalized spacial score (nSPS) is 11.2. The molecule has 0 bridgehead atoms. The van der Waals surface area contributed by atoms with Crippen molar-refractivity contribution in [1.82, 2.24) is 9.38 Å². The average molecular weight is 345 g/mol. The molecule has 1 amide bonds. The fourth-order valence-electron chi connectivity index (χ4n) is 2.51. The van der Waals surface area contributed by atoms with Gasteiger partial charge < -0.3 is 5.32 Å². The predicted molar refractivity (Wildman–Crippen MR) is 103 cm³/mol. The van der Waals surface area contributed by atoms with Crippen molar-refractivity contribution in [3.05, 3.63) is 84.0 Å². The number of amides is 1. The van der Waals surface area contributed by atoms with Gasteiger partial charge in [0, 0.05) is 35.1 Å². The Labute approximate surface area is 149 Å². The highest BCUT2D eigenvalue weighted by atomic mass is 32.1. The van der Waals surface area contributed by atoms with Crippen molar-refractivity contribution in [2.45, 2.75) is 0 Å². The van der Waals surface area contributed by atoms with Gasteiger partial charge in [-0.05, 0) is 23.8 Å². The quantitative estimate of drug-likeness (QED) is 0.544. The molecular formula is C20H15N3OS. The van der Waals surface area contributed by atoms with Gasteiger partial charge in [-0.3, -0.25) is 9.20 Å². The van der Waals surface area contributed by atoms with Gasteiger partial charge >= 0.3 is 0 Å². The van der Waals surface area contributed by atoms with E-state index in [1.807, 2.05) is 76.8 Å². The molecule has 4 nitrogen and oxygen atoms in total. The summed E-state index contributed by atoms with van der Waals surface area (Å²) in [5.41, 5.74) is 3.70. The third kappa shape index (κ3) is 3.51. The Morgan fingerprint density at radius 1 is 1.08 bits per heavy atom. The van der Waals surface area contributed by atoms with E-state index >= 15 is 0 Å². The van der Waals surface area contributed by atoms with Crippen LogP contribution >= 0.6 is 11.3 Å². The third-order valence-corrected chi connectivity index (χ3v) is 4.54. The van der Waals surface area contributed by atoms with Crippen LogP contribution in [0.25, 0.3) is 22.3 Å². The van der Waals surface area contributed by atoms with Gasteiger partial charge in [-0.25, -0.2) is 4.98 Å². The lowest BCUT2D eigenvalue weighted by Gasteiger charge is -2.03. The maximum atomic E-state index is 12.0. The molecule has 1 N–H and O–H groups in total. The summed E-state index contributed by atoms with van der Waals surface area (Å²) < 4.78 is 2.00. The molecule has 0 aliphatic carbocycles. The topological polar surface area (TPSA) is 46.4 Å². The fraction of sp³-hybridized carbons (Fsp3) is 0. The van der Waals surface area contributed by atoms with E-state index in [4.69, 9.17) is 0 Å². The van der Waals surface area contributed by atoms with E-state index in [2.05, 4.69) is 10.3 Å². The SMILES string of the molecule is O=C(C=Cc1ccccc1)Nc1ccc(-c2cn3ccsc3n2)cc1. The molecule has 25 heavy (non-hydrogen) atoms. The molecule has 5 heteroatoms. The number of carbonyl (C=O) groups excluding carboxylic acids is 1. The van der Waals surface area contributed by atoms with Crippen LogP contribution in [0, 0.1) is 0 Å². The number of nitrogens with zero attached hydrogens (tertiary/aromatic N) is 2. The number of hydrogen-bond acceptors (Lipinski definition) is 3. The van der Waals surface area contributed by atoms with E-state index in [0.717, 1.165) is 27.5 Å². The third-order valence-electron chi connectivity index (χ3n) is 3.77. The Morgan fingerprint density at radius 2 is 1.88 bits per heavy atom. The molecule has 0 saturated carbocycles. The standard InChI is InChI=1S/C20H15N3OS/c24-19(11-6-15-4-2-1-3-5-15)21-17-9-7-16(8-10-17)18-14-23-12-13-25-20(23)22-18/h1-14H,(H,21,24). The van der Waals surface area contributed by atoms with Gasteiger partial charge in [0.15, 0.2) is 4.96 Å². The van der Waals surface area contributed by atoms with Gasteiger partial charge in [-0.1, -0.05) is 42.5 Å². The Balaban J connectivity index is 1.44. The minimum absolute atomic E-state index is 0.154. The van der Waals surface area contributed by atoms with E-state index in [1.165, 1.54) is 6.08 Å². The van der Waals surface area contributed by atoms with Crippen LogP contribution < -0.4 is 5.32 Å². The second-order valence-electron chi connectivity index (χ2n) is 5.53. The first-order valence-corrected chi connectivity index (χ1v) is 8.73. The molecular weight excluding hydrogens is 330 g/mol. The number of nitrogens with one attached hydrogen (secondary N) is 1. The van der Waals surface area contributed by atoms with E-state index < -0.39 is 0 Å². The summed E-state index contributed by atoms with van der Waals surface area (Å²) in [6.07, 6.45) is 7.32. The van der Waals surface area contributed by atoms with E-state index in [9.17, 15) is 4.79 Å². The molecule has 4 aromatic rings. The minimum atomic E-state index is -0.154. The molecule has 0 spiro atoms. The number of carbonyl (C=O) groups is 1. The lowest BCUT2D eigenvalue weighted by Crippen LogP contribution is -2.07. The summed E-state index contributed by atoms with van der Waals surface area (Å²) in [4.78, 5) is 17.6. The fourth-order valence-corrected chi connectivity index (χ4v) is 3.21. The van der Waals surface area contributed by atoms with Crippen LogP contribution in [0.15, 0.2) is 78.4 Å². The van der Waals surface area contributed by atoms with E-state index in [-0.39, 0.29) is 5.91 Å². The van der Waals surface area contributed by atoms with Gasteiger partial charge in [0.2, 0.25) is 5.91 Å². The maximum Gasteiger partial charge on any atom is 0.248 e. The number of imidazole rings is 1. The summed E-state index contributed by atoms with van der Waals surface area (Å²) in [7, 11) is 0. The van der Waals surface area contributed by atoms with Crippen molar-refractivity contribution in [3.8, 4) is 11.3 Å². The highest BCUT2D eigenvalue weighted by Gasteiger charge is 2.05. The Morgan fingerprint density at radius 3 is 2.64 bits per heavy atom. The van der Waals surface area contributed by atoms with Crippen molar-refractivity contribution in [2.75, 3.05) is 5.32 Å².